The molecule has 0 aliphatic carbocycles. The highest BCUT2D eigenvalue weighted by atomic mass is 32.1. The smallest absolute Gasteiger partial charge is 0.308 e. The molecule has 5 nitrogen and oxygen atoms in total. The van der Waals surface area contributed by atoms with Crippen LogP contribution in [0.4, 0.5) is 0 Å². The summed E-state index contributed by atoms with van der Waals surface area (Å²) in [6, 6.07) is -0.248. The van der Waals surface area contributed by atoms with Crippen molar-refractivity contribution in [2.45, 2.75) is 26.3 Å². The molecule has 1 fully saturated rings. The molecule has 1 saturated heterocycles. The van der Waals surface area contributed by atoms with Gasteiger partial charge in [0.25, 0.3) is 5.91 Å². The molecule has 1 aliphatic rings. The lowest BCUT2D eigenvalue weighted by atomic mass is 10.0. The molecule has 0 spiro atoms. The number of hydrogen-bond acceptors (Lipinski definition) is 4. The highest BCUT2D eigenvalue weighted by Gasteiger charge is 2.38. The number of amides is 1. The van der Waals surface area contributed by atoms with E-state index < -0.39 is 11.9 Å². The van der Waals surface area contributed by atoms with E-state index >= 15 is 0 Å². The largest absolute Gasteiger partial charge is 0.481 e. The number of likely N-dealkylation sites (tertiary alicyclic amines) is 1. The lowest BCUT2D eigenvalue weighted by Gasteiger charge is -2.22. The second-order valence-corrected chi connectivity index (χ2v) is 5.45. The Bertz CT molecular complexity index is 457. The minimum atomic E-state index is -0.826. The molecule has 2 atom stereocenters. The molecule has 6 heteroatoms. The molecule has 0 aromatic carbocycles. The van der Waals surface area contributed by atoms with Crippen LogP contribution in [-0.2, 0) is 4.79 Å². The van der Waals surface area contributed by atoms with Gasteiger partial charge >= 0.3 is 5.97 Å². The third-order valence-electron chi connectivity index (χ3n) is 3.17. The third-order valence-corrected chi connectivity index (χ3v) is 4.07. The SMILES string of the molecule is Cc1ncc(C(=O)N2CCC(C(=O)O)C2C)s1. The monoisotopic (exact) mass is 254 g/mol. The van der Waals surface area contributed by atoms with Crippen molar-refractivity contribution in [3.8, 4) is 0 Å². The Hall–Kier alpha value is -1.43. The number of nitrogens with zero attached hydrogens (tertiary/aromatic N) is 2. The molecule has 0 saturated carbocycles. The van der Waals surface area contributed by atoms with Crippen LogP contribution in [-0.4, -0.2) is 39.5 Å². The fourth-order valence-electron chi connectivity index (χ4n) is 2.16. The van der Waals surface area contributed by atoms with Crippen LogP contribution in [0.25, 0.3) is 0 Å². The first-order valence-corrected chi connectivity index (χ1v) is 6.28. The van der Waals surface area contributed by atoms with Crippen LogP contribution in [0.2, 0.25) is 0 Å². The molecule has 1 aromatic rings. The number of rotatable bonds is 2. The molecule has 2 unspecified atom stereocenters. The molecule has 2 rings (SSSR count). The summed E-state index contributed by atoms with van der Waals surface area (Å²) < 4.78 is 0. The summed E-state index contributed by atoms with van der Waals surface area (Å²) in [6.45, 7) is 4.14. The van der Waals surface area contributed by atoms with Crippen molar-refractivity contribution in [3.05, 3.63) is 16.1 Å². The van der Waals surface area contributed by atoms with Gasteiger partial charge in [0.05, 0.1) is 17.1 Å². The molecule has 17 heavy (non-hydrogen) atoms. The summed E-state index contributed by atoms with van der Waals surface area (Å²) in [6.07, 6.45) is 2.09. The van der Waals surface area contributed by atoms with Gasteiger partial charge in [0.1, 0.15) is 4.88 Å². The van der Waals surface area contributed by atoms with Gasteiger partial charge < -0.3 is 10.0 Å². The molecule has 1 aromatic heterocycles. The van der Waals surface area contributed by atoms with Crippen molar-refractivity contribution < 1.29 is 14.7 Å². The summed E-state index contributed by atoms with van der Waals surface area (Å²) in [5.74, 6) is -1.38. The van der Waals surface area contributed by atoms with Crippen molar-refractivity contribution >= 4 is 23.2 Å². The number of thiazole rings is 1. The summed E-state index contributed by atoms with van der Waals surface area (Å²) in [5, 5.41) is 9.85. The maximum Gasteiger partial charge on any atom is 0.308 e. The molecule has 0 bridgehead atoms. The number of carboxylic acid groups (broad SMARTS) is 1. The van der Waals surface area contributed by atoms with Gasteiger partial charge in [-0.25, -0.2) is 4.98 Å². The standard InChI is InChI=1S/C11H14N2O3S/c1-6-8(11(15)16)3-4-13(6)10(14)9-5-12-7(2)17-9/h5-6,8H,3-4H2,1-2H3,(H,15,16). The lowest BCUT2D eigenvalue weighted by molar-refractivity contribution is -0.142. The van der Waals surface area contributed by atoms with E-state index in [9.17, 15) is 9.59 Å². The van der Waals surface area contributed by atoms with E-state index in [1.54, 1.807) is 18.0 Å². The van der Waals surface area contributed by atoms with Crippen molar-refractivity contribution in [1.29, 1.82) is 0 Å². The highest BCUT2D eigenvalue weighted by molar-refractivity contribution is 7.13. The second kappa shape index (κ2) is 4.44. The Kier molecular flexibility index (Phi) is 3.15. The Labute approximate surface area is 103 Å². The first kappa shape index (κ1) is 12.0. The zero-order valence-electron chi connectivity index (χ0n) is 9.71. The Balaban J connectivity index is 2.14. The van der Waals surface area contributed by atoms with E-state index in [4.69, 9.17) is 5.11 Å². The van der Waals surface area contributed by atoms with Gasteiger partial charge in [-0.3, -0.25) is 9.59 Å². The molecular weight excluding hydrogens is 240 g/mol. The number of carbonyl (C=O) groups excluding carboxylic acids is 1. The molecule has 1 aliphatic heterocycles. The van der Waals surface area contributed by atoms with Crippen molar-refractivity contribution in [1.82, 2.24) is 9.88 Å². The first-order valence-electron chi connectivity index (χ1n) is 5.47. The van der Waals surface area contributed by atoms with Crippen molar-refractivity contribution in [2.24, 2.45) is 5.92 Å². The minimum Gasteiger partial charge on any atom is -0.481 e. The second-order valence-electron chi connectivity index (χ2n) is 4.22. The number of hydrogen-bond donors (Lipinski definition) is 1. The number of aliphatic carboxylic acids is 1. The van der Waals surface area contributed by atoms with E-state index in [2.05, 4.69) is 4.98 Å². The van der Waals surface area contributed by atoms with Crippen LogP contribution in [0.3, 0.4) is 0 Å². The summed E-state index contributed by atoms with van der Waals surface area (Å²) in [4.78, 5) is 29.4. The molecule has 2 heterocycles. The van der Waals surface area contributed by atoms with E-state index in [0.29, 0.717) is 17.8 Å². The molecule has 1 N–H and O–H groups in total. The van der Waals surface area contributed by atoms with Gasteiger partial charge in [-0.15, -0.1) is 11.3 Å². The first-order chi connectivity index (χ1) is 8.00. The van der Waals surface area contributed by atoms with Gasteiger partial charge in [0.15, 0.2) is 0 Å². The van der Waals surface area contributed by atoms with Gasteiger partial charge in [-0.2, -0.15) is 0 Å². The average molecular weight is 254 g/mol. The van der Waals surface area contributed by atoms with Crippen molar-refractivity contribution in [3.63, 3.8) is 0 Å². The summed E-state index contributed by atoms with van der Waals surface area (Å²) >= 11 is 1.34. The van der Waals surface area contributed by atoms with Crippen LogP contribution >= 0.6 is 11.3 Å². The van der Waals surface area contributed by atoms with Gasteiger partial charge in [0, 0.05) is 12.6 Å². The molecule has 92 valence electrons. The fraction of sp³-hybridized carbons (Fsp3) is 0.545. The van der Waals surface area contributed by atoms with Gasteiger partial charge in [-0.05, 0) is 20.3 Å². The number of aromatic nitrogens is 1. The van der Waals surface area contributed by atoms with E-state index in [1.165, 1.54) is 11.3 Å². The van der Waals surface area contributed by atoms with E-state index in [0.717, 1.165) is 5.01 Å². The van der Waals surface area contributed by atoms with E-state index in [-0.39, 0.29) is 11.9 Å². The van der Waals surface area contributed by atoms with Gasteiger partial charge in [-0.1, -0.05) is 0 Å². The Morgan fingerprint density at radius 2 is 2.29 bits per heavy atom. The number of carboxylic acids is 1. The number of aryl methyl sites for hydroxylation is 1. The van der Waals surface area contributed by atoms with Crippen LogP contribution in [0.1, 0.15) is 28.0 Å². The number of carbonyl (C=O) groups is 2. The third kappa shape index (κ3) is 2.17. The van der Waals surface area contributed by atoms with Crippen LogP contribution in [0, 0.1) is 12.8 Å². The highest BCUT2D eigenvalue weighted by Crippen LogP contribution is 2.27. The average Bonchev–Trinajstić information content (AvgIpc) is 2.83. The topological polar surface area (TPSA) is 70.5 Å². The lowest BCUT2D eigenvalue weighted by Crippen LogP contribution is -2.37. The Morgan fingerprint density at radius 3 is 2.76 bits per heavy atom. The van der Waals surface area contributed by atoms with Crippen LogP contribution in [0.15, 0.2) is 6.20 Å². The zero-order chi connectivity index (χ0) is 12.6. The molecule has 1 amide bonds. The predicted molar refractivity (Wildman–Crippen MR) is 63.1 cm³/mol. The maximum absolute atomic E-state index is 12.1. The maximum atomic E-state index is 12.1. The summed E-state index contributed by atoms with van der Waals surface area (Å²) in [7, 11) is 0. The fourth-order valence-corrected chi connectivity index (χ4v) is 2.89. The van der Waals surface area contributed by atoms with Crippen molar-refractivity contribution in [2.75, 3.05) is 6.54 Å². The summed E-state index contributed by atoms with van der Waals surface area (Å²) in [5.41, 5.74) is 0. The van der Waals surface area contributed by atoms with E-state index in [1.807, 2.05) is 6.92 Å². The molecular formula is C11H14N2O3S. The predicted octanol–water partition coefficient (Wildman–Crippen LogP) is 1.39. The van der Waals surface area contributed by atoms with Gasteiger partial charge in [0.2, 0.25) is 0 Å². The quantitative estimate of drug-likeness (QED) is 0.865. The minimum absolute atomic E-state index is 0.105. The normalized spacial score (nSPS) is 24.0. The Morgan fingerprint density at radius 1 is 1.59 bits per heavy atom. The van der Waals surface area contributed by atoms with Crippen LogP contribution < -0.4 is 0 Å². The van der Waals surface area contributed by atoms with Crippen LogP contribution in [0.5, 0.6) is 0 Å². The zero-order valence-corrected chi connectivity index (χ0v) is 10.5. The molecule has 0 radical (unpaired) electrons.